The van der Waals surface area contributed by atoms with E-state index >= 15 is 0 Å². The number of rotatable bonds is 1. The minimum absolute atomic E-state index is 0.303. The van der Waals surface area contributed by atoms with Crippen LogP contribution in [0.2, 0.25) is 0 Å². The predicted octanol–water partition coefficient (Wildman–Crippen LogP) is 2.74. The highest BCUT2D eigenvalue weighted by molar-refractivity contribution is 5.97. The van der Waals surface area contributed by atoms with Crippen LogP contribution < -0.4 is 0 Å². The van der Waals surface area contributed by atoms with Gasteiger partial charge >= 0.3 is 0 Å². The molecule has 0 aromatic carbocycles. The third-order valence-corrected chi connectivity index (χ3v) is 2.84. The molecule has 1 amide bonds. The lowest BCUT2D eigenvalue weighted by Crippen LogP contribution is -2.34. The molecular formula is C12H21NO. The van der Waals surface area contributed by atoms with Crippen molar-refractivity contribution in [3.05, 3.63) is 11.1 Å². The number of carbonyl (C=O) groups is 1. The molecule has 0 fully saturated rings. The van der Waals surface area contributed by atoms with Gasteiger partial charge in [0, 0.05) is 18.2 Å². The van der Waals surface area contributed by atoms with E-state index in [2.05, 4.69) is 13.8 Å². The van der Waals surface area contributed by atoms with Gasteiger partial charge in [-0.2, -0.15) is 0 Å². The highest BCUT2D eigenvalue weighted by atomic mass is 16.2. The van der Waals surface area contributed by atoms with Crippen LogP contribution >= 0.6 is 0 Å². The lowest BCUT2D eigenvalue weighted by Gasteiger charge is -2.22. The van der Waals surface area contributed by atoms with E-state index in [1.807, 2.05) is 18.7 Å². The van der Waals surface area contributed by atoms with Crippen molar-refractivity contribution in [2.75, 3.05) is 6.54 Å². The van der Waals surface area contributed by atoms with Crippen LogP contribution in [-0.2, 0) is 4.79 Å². The van der Waals surface area contributed by atoms with Crippen LogP contribution in [0.15, 0.2) is 11.1 Å². The zero-order valence-electron chi connectivity index (χ0n) is 9.76. The molecule has 0 aromatic rings. The van der Waals surface area contributed by atoms with E-state index in [-0.39, 0.29) is 0 Å². The van der Waals surface area contributed by atoms with Gasteiger partial charge in [0.25, 0.3) is 0 Å². The molecule has 1 heterocycles. The summed E-state index contributed by atoms with van der Waals surface area (Å²) in [6, 6.07) is 0.364. The molecule has 1 aliphatic carbocycles. The zero-order valence-corrected chi connectivity index (χ0v) is 9.76. The van der Waals surface area contributed by atoms with E-state index in [9.17, 15) is 4.79 Å². The lowest BCUT2D eigenvalue weighted by molar-refractivity contribution is -0.127. The monoisotopic (exact) mass is 195 g/mol. The van der Waals surface area contributed by atoms with Crippen molar-refractivity contribution in [2.45, 2.75) is 53.0 Å². The topological polar surface area (TPSA) is 20.3 Å². The van der Waals surface area contributed by atoms with Gasteiger partial charge < -0.3 is 4.90 Å². The summed E-state index contributed by atoms with van der Waals surface area (Å²) in [5.41, 5.74) is 2.54. The van der Waals surface area contributed by atoms with Crippen LogP contribution in [-0.4, -0.2) is 23.4 Å². The molecule has 0 bridgehead atoms. The van der Waals surface area contributed by atoms with Crippen molar-refractivity contribution in [1.29, 1.82) is 0 Å². The molecule has 0 radical (unpaired) electrons. The molecule has 14 heavy (non-hydrogen) atoms. The van der Waals surface area contributed by atoms with E-state index in [0.717, 1.165) is 25.0 Å². The SMILES string of the molecule is CC.CC(C)N1CC2=C(CCC2)C1=O. The smallest absolute Gasteiger partial charge is 0.250 e. The second-order valence-corrected chi connectivity index (χ2v) is 3.96. The second kappa shape index (κ2) is 4.63. The van der Waals surface area contributed by atoms with E-state index in [1.54, 1.807) is 0 Å². The third-order valence-electron chi connectivity index (χ3n) is 2.84. The largest absolute Gasteiger partial charge is 0.332 e. The van der Waals surface area contributed by atoms with Gasteiger partial charge in [0.1, 0.15) is 0 Å². The summed E-state index contributed by atoms with van der Waals surface area (Å²) >= 11 is 0. The third kappa shape index (κ3) is 1.84. The quantitative estimate of drug-likeness (QED) is 0.630. The maximum absolute atomic E-state index is 11.7. The summed E-state index contributed by atoms with van der Waals surface area (Å²) < 4.78 is 0. The number of likely N-dealkylation sites (tertiary alicyclic amines) is 1. The molecule has 2 rings (SSSR count). The van der Waals surface area contributed by atoms with Crippen LogP contribution in [0.5, 0.6) is 0 Å². The van der Waals surface area contributed by atoms with Crippen molar-refractivity contribution in [3.63, 3.8) is 0 Å². The molecule has 0 N–H and O–H groups in total. The molecule has 80 valence electrons. The van der Waals surface area contributed by atoms with Crippen LogP contribution in [0.3, 0.4) is 0 Å². The van der Waals surface area contributed by atoms with Gasteiger partial charge in [-0.3, -0.25) is 4.79 Å². The van der Waals surface area contributed by atoms with Crippen LogP contribution in [0.1, 0.15) is 47.0 Å². The molecule has 2 nitrogen and oxygen atoms in total. The maximum atomic E-state index is 11.7. The molecule has 0 aromatic heterocycles. The Balaban J connectivity index is 0.000000461. The Kier molecular flexibility index (Phi) is 3.73. The summed E-state index contributed by atoms with van der Waals surface area (Å²) in [5.74, 6) is 0.303. The Morgan fingerprint density at radius 3 is 2.36 bits per heavy atom. The van der Waals surface area contributed by atoms with Crippen molar-refractivity contribution in [1.82, 2.24) is 4.90 Å². The van der Waals surface area contributed by atoms with Gasteiger partial charge in [0.05, 0.1) is 0 Å². The highest BCUT2D eigenvalue weighted by Gasteiger charge is 2.33. The summed E-state index contributed by atoms with van der Waals surface area (Å²) in [6.45, 7) is 9.08. The van der Waals surface area contributed by atoms with E-state index in [4.69, 9.17) is 0 Å². The number of hydrogen-bond donors (Lipinski definition) is 0. The first kappa shape index (κ1) is 11.3. The standard InChI is InChI=1S/C10H15NO.C2H6/c1-7(2)11-6-8-4-3-5-9(8)10(11)12;1-2/h7H,3-6H2,1-2H3;1-2H3. The fourth-order valence-electron chi connectivity index (χ4n) is 2.11. The first-order chi connectivity index (χ1) is 6.70. The molecule has 0 spiro atoms. The molecular weight excluding hydrogens is 174 g/mol. The van der Waals surface area contributed by atoms with E-state index < -0.39 is 0 Å². The Morgan fingerprint density at radius 2 is 1.86 bits per heavy atom. The Labute approximate surface area is 87.0 Å². The second-order valence-electron chi connectivity index (χ2n) is 3.96. The minimum Gasteiger partial charge on any atom is -0.332 e. The molecule has 0 unspecified atom stereocenters. The average Bonchev–Trinajstić information content (AvgIpc) is 2.72. The summed E-state index contributed by atoms with van der Waals surface area (Å²) in [6.07, 6.45) is 3.38. The van der Waals surface area contributed by atoms with Crippen LogP contribution in [0, 0.1) is 0 Å². The van der Waals surface area contributed by atoms with Crippen molar-refractivity contribution in [2.24, 2.45) is 0 Å². The lowest BCUT2D eigenvalue weighted by atomic mass is 10.2. The Morgan fingerprint density at radius 1 is 1.21 bits per heavy atom. The Hall–Kier alpha value is -0.790. The number of amides is 1. The van der Waals surface area contributed by atoms with Crippen LogP contribution in [0.4, 0.5) is 0 Å². The summed E-state index contributed by atoms with van der Waals surface area (Å²) in [4.78, 5) is 13.7. The van der Waals surface area contributed by atoms with Gasteiger partial charge in [-0.25, -0.2) is 0 Å². The number of nitrogens with zero attached hydrogens (tertiary/aromatic N) is 1. The van der Waals surface area contributed by atoms with Gasteiger partial charge in [-0.15, -0.1) is 0 Å². The Bertz CT molecular complexity index is 253. The number of carbonyl (C=O) groups excluding carboxylic acids is 1. The van der Waals surface area contributed by atoms with Gasteiger partial charge in [0.15, 0.2) is 0 Å². The normalized spacial score (nSPS) is 20.1. The molecule has 0 atom stereocenters. The predicted molar refractivity (Wildman–Crippen MR) is 59.1 cm³/mol. The molecule has 0 saturated carbocycles. The fourth-order valence-corrected chi connectivity index (χ4v) is 2.11. The fraction of sp³-hybridized carbons (Fsp3) is 0.750. The molecule has 1 aliphatic heterocycles. The average molecular weight is 195 g/mol. The van der Waals surface area contributed by atoms with Crippen molar-refractivity contribution >= 4 is 5.91 Å². The van der Waals surface area contributed by atoms with Gasteiger partial charge in [0.2, 0.25) is 5.91 Å². The molecule has 0 saturated heterocycles. The first-order valence-electron chi connectivity index (χ1n) is 5.72. The van der Waals surface area contributed by atoms with E-state index in [0.29, 0.717) is 11.9 Å². The molecule has 2 heteroatoms. The van der Waals surface area contributed by atoms with Gasteiger partial charge in [-0.05, 0) is 38.7 Å². The number of hydrogen-bond acceptors (Lipinski definition) is 1. The van der Waals surface area contributed by atoms with Gasteiger partial charge in [-0.1, -0.05) is 13.8 Å². The van der Waals surface area contributed by atoms with Crippen LogP contribution in [0.25, 0.3) is 0 Å². The van der Waals surface area contributed by atoms with Crippen molar-refractivity contribution < 1.29 is 4.79 Å². The minimum atomic E-state index is 0.303. The van der Waals surface area contributed by atoms with E-state index in [1.165, 1.54) is 12.0 Å². The molecule has 2 aliphatic rings. The highest BCUT2D eigenvalue weighted by Crippen LogP contribution is 2.33. The summed E-state index contributed by atoms with van der Waals surface area (Å²) in [7, 11) is 0. The maximum Gasteiger partial charge on any atom is 0.250 e. The summed E-state index contributed by atoms with van der Waals surface area (Å²) in [5, 5.41) is 0. The van der Waals surface area contributed by atoms with Crippen molar-refractivity contribution in [3.8, 4) is 0 Å². The first-order valence-corrected chi connectivity index (χ1v) is 5.72. The zero-order chi connectivity index (χ0) is 10.7.